The Labute approximate surface area is 351 Å². The fourth-order valence-electron chi connectivity index (χ4n) is 7.28. The van der Waals surface area contributed by atoms with Gasteiger partial charge < -0.3 is 28.0 Å². The molecular formula is C44H54N7O8P. The van der Waals surface area contributed by atoms with Gasteiger partial charge in [0.05, 0.1) is 52.4 Å². The normalized spacial score (nSPS) is 17.4. The highest BCUT2D eigenvalue weighted by Crippen LogP contribution is 2.51. The summed E-state index contributed by atoms with van der Waals surface area (Å²) in [5, 5.41) is 12.1. The van der Waals surface area contributed by atoms with Crippen LogP contribution in [0.4, 0.5) is 5.95 Å². The summed E-state index contributed by atoms with van der Waals surface area (Å²) in [7, 11) is 1.56. The molecule has 2 N–H and O–H groups in total. The van der Waals surface area contributed by atoms with Crippen LogP contribution in [-0.2, 0) is 28.9 Å². The molecule has 60 heavy (non-hydrogen) atoms. The lowest BCUT2D eigenvalue weighted by molar-refractivity contribution is -0.118. The van der Waals surface area contributed by atoms with Crippen LogP contribution < -0.4 is 20.3 Å². The van der Waals surface area contributed by atoms with Gasteiger partial charge in [-0.3, -0.25) is 24.5 Å². The molecule has 4 atom stereocenters. The number of anilines is 1. The molecule has 0 radical (unpaired) electrons. The fourth-order valence-corrected chi connectivity index (χ4v) is 9.04. The first-order valence-electron chi connectivity index (χ1n) is 20.1. The van der Waals surface area contributed by atoms with Crippen molar-refractivity contribution in [1.29, 1.82) is 5.26 Å². The standard InChI is InChI=1S/C44H54N7O8P/c1-28(2)41(52)48-43-47-40-39(42(53)49-43)46-27-50(40)38-25-36(59-60(57-24-12-23-45)51(29(3)4)30(5)6)37(58-38)26-56-44(31-13-10-9-11-14-31,32-15-19-34(54-7)20-16-32)33-17-21-35(55-8)22-18-33/h9-11,13-22,27-30,36-38H,12,24-26H2,1-8H3,(H2,47,48,49,52,53)/t36-,37?,38?,60?/m1/s1. The van der Waals surface area contributed by atoms with Crippen molar-refractivity contribution >= 4 is 31.5 Å². The van der Waals surface area contributed by atoms with Crippen molar-refractivity contribution in [2.45, 2.75) is 90.5 Å². The van der Waals surface area contributed by atoms with Crippen molar-refractivity contribution in [2.24, 2.45) is 5.92 Å². The van der Waals surface area contributed by atoms with Crippen LogP contribution >= 0.6 is 8.53 Å². The summed E-state index contributed by atoms with van der Waals surface area (Å²) in [6.45, 7) is 12.0. The molecule has 5 aromatic rings. The molecule has 0 aliphatic carbocycles. The maximum atomic E-state index is 13.2. The number of hydrogen-bond donors (Lipinski definition) is 2. The number of ether oxygens (including phenoxy) is 4. The maximum absolute atomic E-state index is 13.2. The molecule has 3 heterocycles. The first-order valence-corrected chi connectivity index (χ1v) is 21.2. The molecule has 0 bridgehead atoms. The summed E-state index contributed by atoms with van der Waals surface area (Å²) < 4.78 is 42.5. The van der Waals surface area contributed by atoms with Crippen molar-refractivity contribution < 1.29 is 32.8 Å². The number of aromatic amines is 1. The van der Waals surface area contributed by atoms with E-state index in [1.165, 1.54) is 6.33 Å². The number of amides is 1. The third-order valence-electron chi connectivity index (χ3n) is 10.2. The summed E-state index contributed by atoms with van der Waals surface area (Å²) >= 11 is 0. The Balaban J connectivity index is 1.45. The van der Waals surface area contributed by atoms with Crippen molar-refractivity contribution in [2.75, 3.05) is 32.8 Å². The van der Waals surface area contributed by atoms with Gasteiger partial charge in [0.15, 0.2) is 11.2 Å². The van der Waals surface area contributed by atoms with Gasteiger partial charge in [-0.1, -0.05) is 68.4 Å². The first kappa shape index (κ1) is 44.4. The Morgan fingerprint density at radius 3 is 2.12 bits per heavy atom. The molecule has 3 aromatic carbocycles. The fraction of sp³-hybridized carbons (Fsp3) is 0.432. The van der Waals surface area contributed by atoms with Crippen LogP contribution in [0.25, 0.3) is 11.2 Å². The highest BCUT2D eigenvalue weighted by molar-refractivity contribution is 7.44. The zero-order valence-electron chi connectivity index (χ0n) is 35.3. The third-order valence-corrected chi connectivity index (χ3v) is 12.4. The lowest BCUT2D eigenvalue weighted by Gasteiger charge is -2.39. The Morgan fingerprint density at radius 1 is 0.967 bits per heavy atom. The van der Waals surface area contributed by atoms with E-state index >= 15 is 0 Å². The molecule has 0 spiro atoms. The molecule has 0 saturated carbocycles. The average molecular weight is 840 g/mol. The molecule has 15 nitrogen and oxygen atoms in total. The van der Waals surface area contributed by atoms with Crippen LogP contribution in [0.2, 0.25) is 0 Å². The van der Waals surface area contributed by atoms with Gasteiger partial charge in [-0.15, -0.1) is 0 Å². The van der Waals surface area contributed by atoms with E-state index in [0.717, 1.165) is 16.7 Å². The number of fused-ring (bicyclic) bond motifs is 1. The predicted octanol–water partition coefficient (Wildman–Crippen LogP) is 7.69. The van der Waals surface area contributed by atoms with Crippen LogP contribution in [-0.4, -0.2) is 81.8 Å². The Bertz CT molecular complexity index is 2220. The number of nitrogens with zero attached hydrogens (tertiary/aromatic N) is 5. The number of benzene rings is 3. The molecule has 1 aliphatic rings. The molecule has 1 amide bonds. The second-order valence-corrected chi connectivity index (χ2v) is 16.7. The highest BCUT2D eigenvalue weighted by Gasteiger charge is 2.45. The molecule has 3 unspecified atom stereocenters. The van der Waals surface area contributed by atoms with Gasteiger partial charge in [-0.05, 0) is 68.7 Å². The number of aromatic nitrogens is 4. The van der Waals surface area contributed by atoms with Gasteiger partial charge in [0.25, 0.3) is 14.1 Å². The molecule has 1 fully saturated rings. The summed E-state index contributed by atoms with van der Waals surface area (Å²) in [4.78, 5) is 37.4. The summed E-state index contributed by atoms with van der Waals surface area (Å²) in [5.74, 6) is 0.758. The molecule has 1 saturated heterocycles. The Morgan fingerprint density at radius 2 is 1.57 bits per heavy atom. The van der Waals surface area contributed by atoms with Gasteiger partial charge in [-0.25, -0.2) is 9.65 Å². The summed E-state index contributed by atoms with van der Waals surface area (Å²) in [6, 6.07) is 27.8. The van der Waals surface area contributed by atoms with Crippen LogP contribution in [0.15, 0.2) is 90.0 Å². The first-order chi connectivity index (χ1) is 28.9. The minimum absolute atomic E-state index is 0.00387. The topological polar surface area (TPSA) is 175 Å². The minimum atomic E-state index is -1.70. The molecule has 16 heteroatoms. The second kappa shape index (κ2) is 19.9. The average Bonchev–Trinajstić information content (AvgIpc) is 3.85. The monoisotopic (exact) mass is 839 g/mol. The Kier molecular flexibility index (Phi) is 14.7. The number of nitrogens with one attached hydrogen (secondary N) is 2. The number of carbonyl (C=O) groups excluding carboxylic acids is 1. The summed E-state index contributed by atoms with van der Waals surface area (Å²) in [5.41, 5.74) is 1.24. The number of hydrogen-bond acceptors (Lipinski definition) is 12. The SMILES string of the molecule is COc1ccc(C(OCC2OC(n3cnc4c(=O)[nH]c(NC(=O)C(C)C)nc43)C[C@H]2OP(OCCC#N)N(C(C)C)C(C)C)(c2ccccc2)c2ccc(OC)cc2)cc1. The van der Waals surface area contributed by atoms with Gasteiger partial charge >= 0.3 is 0 Å². The second-order valence-electron chi connectivity index (χ2n) is 15.3. The maximum Gasteiger partial charge on any atom is 0.280 e. The number of carbonyl (C=O) groups is 1. The van der Waals surface area contributed by atoms with Crippen molar-refractivity contribution in [3.63, 3.8) is 0 Å². The molecule has 1 aliphatic heterocycles. The minimum Gasteiger partial charge on any atom is -0.497 e. The number of H-pyrrole nitrogens is 1. The van der Waals surface area contributed by atoms with Gasteiger partial charge in [0.1, 0.15) is 29.4 Å². The van der Waals surface area contributed by atoms with E-state index in [4.69, 9.17) is 28.0 Å². The third kappa shape index (κ3) is 9.71. The van der Waals surface area contributed by atoms with Crippen LogP contribution in [0.5, 0.6) is 11.5 Å². The van der Waals surface area contributed by atoms with Gasteiger partial charge in [0, 0.05) is 24.4 Å². The van der Waals surface area contributed by atoms with Crippen LogP contribution in [0.3, 0.4) is 0 Å². The smallest absolute Gasteiger partial charge is 0.280 e. The largest absolute Gasteiger partial charge is 0.497 e. The van der Waals surface area contributed by atoms with Crippen molar-refractivity contribution in [3.05, 3.63) is 112 Å². The molecule has 6 rings (SSSR count). The lowest BCUT2D eigenvalue weighted by Crippen LogP contribution is -2.39. The zero-order valence-corrected chi connectivity index (χ0v) is 36.2. The Hall–Kier alpha value is -5.20. The van der Waals surface area contributed by atoms with Crippen molar-refractivity contribution in [1.82, 2.24) is 24.2 Å². The number of nitriles is 1. The quantitative estimate of drug-likeness (QED) is 0.0472. The lowest BCUT2D eigenvalue weighted by atomic mass is 9.80. The number of imidazole rings is 1. The van der Waals surface area contributed by atoms with Gasteiger partial charge in [-0.2, -0.15) is 10.2 Å². The number of rotatable bonds is 19. The van der Waals surface area contributed by atoms with E-state index in [2.05, 4.69) is 58.7 Å². The van der Waals surface area contributed by atoms with Crippen LogP contribution in [0.1, 0.15) is 77.3 Å². The van der Waals surface area contributed by atoms with E-state index in [-0.39, 0.29) is 60.7 Å². The highest BCUT2D eigenvalue weighted by atomic mass is 31.2. The van der Waals surface area contributed by atoms with E-state index in [1.807, 2.05) is 78.9 Å². The molecular weight excluding hydrogens is 785 g/mol. The van der Waals surface area contributed by atoms with Crippen LogP contribution in [0, 0.1) is 17.2 Å². The van der Waals surface area contributed by atoms with E-state index in [0.29, 0.717) is 17.9 Å². The summed E-state index contributed by atoms with van der Waals surface area (Å²) in [6.07, 6.45) is -0.0106. The number of methoxy groups -OCH3 is 2. The van der Waals surface area contributed by atoms with Gasteiger partial charge in [0.2, 0.25) is 11.9 Å². The molecule has 318 valence electrons. The van der Waals surface area contributed by atoms with E-state index in [1.54, 1.807) is 32.6 Å². The van der Waals surface area contributed by atoms with Crippen molar-refractivity contribution in [3.8, 4) is 17.6 Å². The zero-order chi connectivity index (χ0) is 43.0. The van der Waals surface area contributed by atoms with E-state index in [9.17, 15) is 14.9 Å². The molecule has 2 aromatic heterocycles. The predicted molar refractivity (Wildman–Crippen MR) is 228 cm³/mol. The van der Waals surface area contributed by atoms with E-state index < -0.39 is 38.1 Å².